The van der Waals surface area contributed by atoms with Crippen LogP contribution in [-0.2, 0) is 14.3 Å². The number of esters is 1. The summed E-state index contributed by atoms with van der Waals surface area (Å²) in [7, 11) is 0. The molecule has 4 nitrogen and oxygen atoms in total. The predicted octanol–water partition coefficient (Wildman–Crippen LogP) is 4.26. The van der Waals surface area contributed by atoms with Gasteiger partial charge < -0.3 is 10.1 Å². The molecule has 4 rings (SSSR count). The van der Waals surface area contributed by atoms with Crippen LogP contribution in [0.4, 0.5) is 10.1 Å². The van der Waals surface area contributed by atoms with E-state index < -0.39 is 5.97 Å². The van der Waals surface area contributed by atoms with Crippen molar-refractivity contribution in [2.24, 2.45) is 5.92 Å². The van der Waals surface area contributed by atoms with E-state index in [4.69, 9.17) is 4.74 Å². The molecule has 1 aliphatic rings. The Morgan fingerprint density at radius 1 is 1.00 bits per heavy atom. The standard InChI is InChI=1S/C22H18FNO3/c23-16-10-8-15(9-11-16)18-12-19(18)22(26)27-13-21(25)24-20-7-3-5-14-4-1-2-6-17(14)20/h1-11,18-19H,12-13H2,(H,24,25). The van der Waals surface area contributed by atoms with Crippen LogP contribution in [0.25, 0.3) is 10.8 Å². The molecular weight excluding hydrogens is 345 g/mol. The molecule has 0 radical (unpaired) electrons. The molecule has 1 aliphatic carbocycles. The summed E-state index contributed by atoms with van der Waals surface area (Å²) in [6.45, 7) is -0.325. The van der Waals surface area contributed by atoms with Crippen molar-refractivity contribution >= 4 is 28.3 Å². The van der Waals surface area contributed by atoms with Gasteiger partial charge in [0.25, 0.3) is 5.91 Å². The lowest BCUT2D eigenvalue weighted by Crippen LogP contribution is -2.21. The predicted molar refractivity (Wildman–Crippen MR) is 101 cm³/mol. The fourth-order valence-corrected chi connectivity index (χ4v) is 3.30. The zero-order valence-corrected chi connectivity index (χ0v) is 14.5. The van der Waals surface area contributed by atoms with E-state index in [1.165, 1.54) is 12.1 Å². The summed E-state index contributed by atoms with van der Waals surface area (Å²) >= 11 is 0. The van der Waals surface area contributed by atoms with Gasteiger partial charge in [-0.25, -0.2) is 4.39 Å². The third-order valence-corrected chi connectivity index (χ3v) is 4.80. The van der Waals surface area contributed by atoms with Gasteiger partial charge in [0.15, 0.2) is 6.61 Å². The molecule has 27 heavy (non-hydrogen) atoms. The third-order valence-electron chi connectivity index (χ3n) is 4.80. The number of rotatable bonds is 5. The molecule has 0 spiro atoms. The zero-order chi connectivity index (χ0) is 18.8. The maximum absolute atomic E-state index is 13.0. The largest absolute Gasteiger partial charge is 0.455 e. The molecule has 0 aromatic heterocycles. The molecule has 2 atom stereocenters. The molecule has 0 aliphatic heterocycles. The molecule has 0 heterocycles. The number of hydrogen-bond acceptors (Lipinski definition) is 3. The van der Waals surface area contributed by atoms with Crippen molar-refractivity contribution in [1.82, 2.24) is 0 Å². The van der Waals surface area contributed by atoms with E-state index in [-0.39, 0.29) is 30.2 Å². The molecule has 3 aromatic carbocycles. The van der Waals surface area contributed by atoms with Gasteiger partial charge in [0.05, 0.1) is 5.92 Å². The van der Waals surface area contributed by atoms with Gasteiger partial charge in [0, 0.05) is 11.1 Å². The van der Waals surface area contributed by atoms with Gasteiger partial charge in [-0.05, 0) is 41.5 Å². The van der Waals surface area contributed by atoms with Crippen molar-refractivity contribution in [3.8, 4) is 0 Å². The van der Waals surface area contributed by atoms with E-state index in [0.717, 1.165) is 16.3 Å². The fraction of sp³-hybridized carbons (Fsp3) is 0.182. The van der Waals surface area contributed by atoms with E-state index in [0.29, 0.717) is 12.1 Å². The molecule has 1 saturated carbocycles. The first-order valence-electron chi connectivity index (χ1n) is 8.81. The van der Waals surface area contributed by atoms with Crippen molar-refractivity contribution in [1.29, 1.82) is 0 Å². The average Bonchev–Trinajstić information content (AvgIpc) is 3.48. The van der Waals surface area contributed by atoms with Gasteiger partial charge >= 0.3 is 5.97 Å². The molecule has 2 unspecified atom stereocenters. The second-order valence-corrected chi connectivity index (χ2v) is 6.68. The quantitative estimate of drug-likeness (QED) is 0.689. The van der Waals surface area contributed by atoms with E-state index in [1.54, 1.807) is 12.1 Å². The zero-order valence-electron chi connectivity index (χ0n) is 14.5. The van der Waals surface area contributed by atoms with Crippen LogP contribution in [0, 0.1) is 11.7 Å². The lowest BCUT2D eigenvalue weighted by molar-refractivity contribution is -0.148. The summed E-state index contributed by atoms with van der Waals surface area (Å²) in [5.41, 5.74) is 1.60. The smallest absolute Gasteiger partial charge is 0.310 e. The monoisotopic (exact) mass is 363 g/mol. The Morgan fingerprint density at radius 3 is 2.56 bits per heavy atom. The molecular formula is C22H18FNO3. The Hall–Kier alpha value is -3.21. The number of benzene rings is 3. The van der Waals surface area contributed by atoms with Crippen molar-refractivity contribution in [3.05, 3.63) is 78.1 Å². The van der Waals surface area contributed by atoms with Crippen molar-refractivity contribution in [2.75, 3.05) is 11.9 Å². The van der Waals surface area contributed by atoms with Crippen LogP contribution < -0.4 is 5.32 Å². The van der Waals surface area contributed by atoms with Crippen LogP contribution in [-0.4, -0.2) is 18.5 Å². The average molecular weight is 363 g/mol. The summed E-state index contributed by atoms with van der Waals surface area (Å²) in [4.78, 5) is 24.3. The topological polar surface area (TPSA) is 55.4 Å². The molecule has 136 valence electrons. The van der Waals surface area contributed by atoms with E-state index >= 15 is 0 Å². The van der Waals surface area contributed by atoms with E-state index in [2.05, 4.69) is 5.32 Å². The van der Waals surface area contributed by atoms with Gasteiger partial charge in [-0.3, -0.25) is 9.59 Å². The summed E-state index contributed by atoms with van der Waals surface area (Å²) < 4.78 is 18.1. The molecule has 5 heteroatoms. The maximum Gasteiger partial charge on any atom is 0.310 e. The lowest BCUT2D eigenvalue weighted by atomic mass is 10.1. The minimum Gasteiger partial charge on any atom is -0.455 e. The minimum absolute atomic E-state index is 0.0410. The number of ether oxygens (including phenoxy) is 1. The highest BCUT2D eigenvalue weighted by Gasteiger charge is 2.45. The van der Waals surface area contributed by atoms with Crippen molar-refractivity contribution in [3.63, 3.8) is 0 Å². The minimum atomic E-state index is -0.391. The van der Waals surface area contributed by atoms with Gasteiger partial charge in [0.1, 0.15) is 5.82 Å². The summed E-state index contributed by atoms with van der Waals surface area (Å²) in [5, 5.41) is 4.74. The molecule has 3 aromatic rings. The summed E-state index contributed by atoms with van der Waals surface area (Å²) in [5.74, 6) is -1.29. The first-order valence-corrected chi connectivity index (χ1v) is 8.81. The number of carbonyl (C=O) groups is 2. The summed E-state index contributed by atoms with van der Waals surface area (Å²) in [6.07, 6.45) is 0.662. The molecule has 1 amide bonds. The Labute approximate surface area is 156 Å². The van der Waals surface area contributed by atoms with Gasteiger partial charge in [-0.2, -0.15) is 0 Å². The third kappa shape index (κ3) is 3.82. The first-order chi connectivity index (χ1) is 13.1. The van der Waals surface area contributed by atoms with Gasteiger partial charge in [0.2, 0.25) is 0 Å². The highest BCUT2D eigenvalue weighted by Crippen LogP contribution is 2.48. The van der Waals surface area contributed by atoms with Crippen LogP contribution in [0.1, 0.15) is 17.9 Å². The fourth-order valence-electron chi connectivity index (χ4n) is 3.30. The normalized spacial score (nSPS) is 18.1. The van der Waals surface area contributed by atoms with Gasteiger partial charge in [-0.1, -0.05) is 48.5 Å². The molecule has 1 fully saturated rings. The maximum atomic E-state index is 13.0. The number of carbonyl (C=O) groups excluding carboxylic acids is 2. The number of hydrogen-bond donors (Lipinski definition) is 1. The Bertz CT molecular complexity index is 995. The van der Waals surface area contributed by atoms with Crippen LogP contribution in [0.15, 0.2) is 66.7 Å². The molecule has 0 bridgehead atoms. The van der Waals surface area contributed by atoms with Crippen LogP contribution in [0.3, 0.4) is 0 Å². The van der Waals surface area contributed by atoms with Crippen LogP contribution in [0.5, 0.6) is 0 Å². The summed E-state index contributed by atoms with van der Waals surface area (Å²) in [6, 6.07) is 19.5. The van der Waals surface area contributed by atoms with E-state index in [1.807, 2.05) is 42.5 Å². The lowest BCUT2D eigenvalue weighted by Gasteiger charge is -2.09. The molecule has 0 saturated heterocycles. The van der Waals surface area contributed by atoms with Crippen LogP contribution >= 0.6 is 0 Å². The second kappa shape index (κ2) is 7.19. The first kappa shape index (κ1) is 17.2. The number of halogens is 1. The second-order valence-electron chi connectivity index (χ2n) is 6.68. The SMILES string of the molecule is O=C(COC(=O)C1CC1c1ccc(F)cc1)Nc1cccc2ccccc12. The number of nitrogens with one attached hydrogen (secondary N) is 1. The molecule has 1 N–H and O–H groups in total. The number of anilines is 1. The van der Waals surface area contributed by atoms with E-state index in [9.17, 15) is 14.0 Å². The highest BCUT2D eigenvalue weighted by atomic mass is 19.1. The Morgan fingerprint density at radius 2 is 1.74 bits per heavy atom. The number of amides is 1. The highest BCUT2D eigenvalue weighted by molar-refractivity contribution is 6.02. The van der Waals surface area contributed by atoms with Crippen molar-refractivity contribution in [2.45, 2.75) is 12.3 Å². The van der Waals surface area contributed by atoms with Crippen molar-refractivity contribution < 1.29 is 18.7 Å². The number of fused-ring (bicyclic) bond motifs is 1. The van der Waals surface area contributed by atoms with Gasteiger partial charge in [-0.15, -0.1) is 0 Å². The Balaban J connectivity index is 1.32. The Kier molecular flexibility index (Phi) is 4.59. The van der Waals surface area contributed by atoms with Crippen LogP contribution in [0.2, 0.25) is 0 Å².